The van der Waals surface area contributed by atoms with Crippen molar-refractivity contribution in [2.45, 2.75) is 31.4 Å². The number of rotatable bonds is 3. The molecule has 0 radical (unpaired) electrons. The molecule has 2 fully saturated rings. The largest absolute Gasteiger partial charge is 0.505 e. The van der Waals surface area contributed by atoms with Crippen molar-refractivity contribution in [3.63, 3.8) is 0 Å². The van der Waals surface area contributed by atoms with Crippen molar-refractivity contribution < 1.29 is 19.3 Å². The molecule has 2 N–H and O–H groups in total. The molecule has 0 unspecified atom stereocenters. The van der Waals surface area contributed by atoms with Gasteiger partial charge in [-0.2, -0.15) is 5.26 Å². The van der Waals surface area contributed by atoms with Gasteiger partial charge in [-0.1, -0.05) is 0 Å². The van der Waals surface area contributed by atoms with E-state index in [4.69, 9.17) is 4.74 Å². The van der Waals surface area contributed by atoms with E-state index in [0.717, 1.165) is 24.2 Å². The van der Waals surface area contributed by atoms with Crippen molar-refractivity contribution in [2.24, 2.45) is 0 Å². The van der Waals surface area contributed by atoms with Crippen LogP contribution < -0.4 is 15.1 Å². The fourth-order valence-electron chi connectivity index (χ4n) is 4.23. The highest BCUT2D eigenvalue weighted by molar-refractivity contribution is 7.19. The lowest BCUT2D eigenvalue weighted by Crippen LogP contribution is -2.24. The number of hydrogen-bond donors (Lipinski definition) is 2. The van der Waals surface area contributed by atoms with Gasteiger partial charge < -0.3 is 24.4 Å². The van der Waals surface area contributed by atoms with Crippen LogP contribution in [0, 0.1) is 17.1 Å². The number of nitriles is 1. The van der Waals surface area contributed by atoms with Crippen molar-refractivity contribution in [3.8, 4) is 17.6 Å². The molecule has 1 saturated heterocycles. The zero-order valence-electron chi connectivity index (χ0n) is 15.6. The molecule has 0 spiro atoms. The highest BCUT2D eigenvalue weighted by Gasteiger charge is 2.34. The van der Waals surface area contributed by atoms with Gasteiger partial charge in [-0.05, 0) is 25.3 Å². The number of aliphatic hydroxyl groups is 1. The Morgan fingerprint density at radius 2 is 2.14 bits per heavy atom. The highest BCUT2D eigenvalue weighted by atomic mass is 32.1. The number of aliphatic hydroxyl groups excluding tert-OH is 1. The summed E-state index contributed by atoms with van der Waals surface area (Å²) in [4.78, 5) is 15.5. The van der Waals surface area contributed by atoms with Gasteiger partial charge in [0.25, 0.3) is 0 Å². The van der Waals surface area contributed by atoms with Gasteiger partial charge in [-0.3, -0.25) is 4.79 Å². The number of fused-ring (bicyclic) bond motifs is 2. The van der Waals surface area contributed by atoms with Crippen LogP contribution in [-0.4, -0.2) is 41.1 Å². The molecule has 1 saturated carbocycles. The molecule has 0 amide bonds. The van der Waals surface area contributed by atoms with Crippen molar-refractivity contribution >= 4 is 38.1 Å². The van der Waals surface area contributed by atoms with Crippen LogP contribution in [0.3, 0.4) is 0 Å². The van der Waals surface area contributed by atoms with Crippen LogP contribution in [0.1, 0.15) is 30.2 Å². The molecule has 1 atom stereocenters. The van der Waals surface area contributed by atoms with E-state index in [1.807, 2.05) is 10.6 Å². The first-order valence-corrected chi connectivity index (χ1v) is 10.2. The molecule has 150 valence electrons. The molecule has 5 rings (SSSR count). The number of halogens is 1. The maximum Gasteiger partial charge on any atom is 0.202 e. The van der Waals surface area contributed by atoms with Crippen LogP contribution in [-0.2, 0) is 0 Å². The van der Waals surface area contributed by atoms with Crippen LogP contribution in [0.2, 0.25) is 0 Å². The van der Waals surface area contributed by atoms with Crippen LogP contribution in [0.4, 0.5) is 10.1 Å². The molecule has 1 aliphatic carbocycles. The van der Waals surface area contributed by atoms with E-state index in [1.165, 1.54) is 13.2 Å². The summed E-state index contributed by atoms with van der Waals surface area (Å²) in [5.41, 5.74) is 0.175. The van der Waals surface area contributed by atoms with Crippen LogP contribution in [0.5, 0.6) is 11.5 Å². The number of methoxy groups -OCH3 is 1. The second-order valence-electron chi connectivity index (χ2n) is 7.53. The lowest BCUT2D eigenvalue weighted by Gasteiger charge is -2.24. The van der Waals surface area contributed by atoms with Gasteiger partial charge in [0.1, 0.15) is 26.9 Å². The quantitative estimate of drug-likeness (QED) is 0.683. The maximum absolute atomic E-state index is 15.2. The fraction of sp³-hybridized carbons (Fsp3) is 0.400. The number of β-amino-alcohol motifs (C(OH)–C–C–N with tert-alkyl or cyclic N) is 1. The zero-order chi connectivity index (χ0) is 20.4. The number of ether oxygens (including phenoxy) is 1. The molecule has 1 aliphatic heterocycles. The third-order valence-corrected chi connectivity index (χ3v) is 6.76. The van der Waals surface area contributed by atoms with E-state index >= 15 is 4.39 Å². The van der Waals surface area contributed by atoms with E-state index in [-0.39, 0.29) is 45.4 Å². The summed E-state index contributed by atoms with van der Waals surface area (Å²) in [5, 5.41) is 29.8. The Balaban J connectivity index is 1.95. The summed E-state index contributed by atoms with van der Waals surface area (Å²) in [5.74, 6) is -0.719. The van der Waals surface area contributed by atoms with Crippen molar-refractivity contribution in [1.82, 2.24) is 4.57 Å². The number of hydrogen-bond acceptors (Lipinski definition) is 7. The third kappa shape index (κ3) is 2.52. The Labute approximate surface area is 168 Å². The molecular formula is C20H18FN3O4S. The van der Waals surface area contributed by atoms with E-state index in [9.17, 15) is 20.3 Å². The molecule has 3 heterocycles. The average molecular weight is 415 g/mol. The number of anilines is 1. The molecule has 9 heteroatoms. The van der Waals surface area contributed by atoms with Gasteiger partial charge in [0, 0.05) is 19.1 Å². The molecule has 7 nitrogen and oxygen atoms in total. The summed E-state index contributed by atoms with van der Waals surface area (Å²) in [6, 6.07) is 3.20. The topological polar surface area (TPSA) is 98.7 Å². The predicted octanol–water partition coefficient (Wildman–Crippen LogP) is 2.85. The smallest absolute Gasteiger partial charge is 0.202 e. The normalized spacial score (nSPS) is 19.2. The number of nitrogens with zero attached hydrogens (tertiary/aromatic N) is 3. The molecule has 0 bridgehead atoms. The lowest BCUT2D eigenvalue weighted by molar-refractivity contribution is 0.198. The van der Waals surface area contributed by atoms with E-state index in [1.54, 1.807) is 4.90 Å². The Morgan fingerprint density at radius 1 is 1.38 bits per heavy atom. The molecular weight excluding hydrogens is 397 g/mol. The Morgan fingerprint density at radius 3 is 2.72 bits per heavy atom. The number of aromatic nitrogens is 1. The van der Waals surface area contributed by atoms with Crippen molar-refractivity contribution in [2.75, 3.05) is 25.1 Å². The highest BCUT2D eigenvalue weighted by Crippen LogP contribution is 2.48. The van der Waals surface area contributed by atoms with Crippen LogP contribution in [0.25, 0.3) is 21.1 Å². The monoisotopic (exact) mass is 415 g/mol. The minimum Gasteiger partial charge on any atom is -0.505 e. The minimum atomic E-state index is -0.613. The van der Waals surface area contributed by atoms with E-state index < -0.39 is 17.3 Å². The SMILES string of the molecule is COc1c(N2CC[C@H](O)C2)c(F)cc2c(=O)c3c(O)c(C#N)sc3n(C3CC3)c12. The van der Waals surface area contributed by atoms with Gasteiger partial charge in [0.05, 0.1) is 24.1 Å². The van der Waals surface area contributed by atoms with Crippen molar-refractivity contribution in [3.05, 3.63) is 27.0 Å². The Bertz CT molecular complexity index is 1270. The number of aromatic hydroxyl groups is 1. The number of benzene rings is 1. The van der Waals surface area contributed by atoms with Crippen molar-refractivity contribution in [1.29, 1.82) is 5.26 Å². The third-order valence-electron chi connectivity index (χ3n) is 5.68. The van der Waals surface area contributed by atoms with Crippen LogP contribution >= 0.6 is 11.3 Å². The predicted molar refractivity (Wildman–Crippen MR) is 108 cm³/mol. The summed E-state index contributed by atoms with van der Waals surface area (Å²) in [6.45, 7) is 0.765. The molecule has 2 aliphatic rings. The first-order valence-electron chi connectivity index (χ1n) is 9.39. The fourth-order valence-corrected chi connectivity index (χ4v) is 5.30. The molecule has 2 aromatic heterocycles. The standard InChI is InChI=1S/C20H18FN3O4S/c1-28-19-15-11(6-12(21)16(19)23-5-4-10(25)8-23)17(26)14-18(27)13(7-22)29-20(14)24(15)9-2-3-9/h6,9-10,25,27H,2-5,8H2,1H3/t10-/m0/s1. The summed E-state index contributed by atoms with van der Waals surface area (Å²) >= 11 is 1.06. The van der Waals surface area contributed by atoms with Gasteiger partial charge in [-0.15, -0.1) is 11.3 Å². The second kappa shape index (κ2) is 6.34. The zero-order valence-corrected chi connectivity index (χ0v) is 16.4. The Hall–Kier alpha value is -2.83. The molecule has 1 aromatic carbocycles. The van der Waals surface area contributed by atoms with Gasteiger partial charge >= 0.3 is 0 Å². The minimum absolute atomic E-state index is 0.0525. The maximum atomic E-state index is 15.2. The van der Waals surface area contributed by atoms with E-state index in [0.29, 0.717) is 23.3 Å². The number of thiophene rings is 1. The molecule has 29 heavy (non-hydrogen) atoms. The first kappa shape index (κ1) is 18.2. The van der Waals surface area contributed by atoms with Gasteiger partial charge in [-0.25, -0.2) is 4.39 Å². The van der Waals surface area contributed by atoms with E-state index in [2.05, 4.69) is 0 Å². The van der Waals surface area contributed by atoms with Gasteiger partial charge in [0.2, 0.25) is 5.43 Å². The summed E-state index contributed by atoms with van der Waals surface area (Å²) < 4.78 is 22.7. The van der Waals surface area contributed by atoms with Crippen LogP contribution in [0.15, 0.2) is 10.9 Å². The summed E-state index contributed by atoms with van der Waals surface area (Å²) in [7, 11) is 1.43. The Kier molecular flexibility index (Phi) is 3.98. The lowest BCUT2D eigenvalue weighted by atomic mass is 10.1. The second-order valence-corrected chi connectivity index (χ2v) is 8.53. The number of pyridine rings is 1. The molecule has 3 aromatic rings. The average Bonchev–Trinajstić information content (AvgIpc) is 3.36. The first-order chi connectivity index (χ1) is 14.0. The summed E-state index contributed by atoms with van der Waals surface area (Å²) in [6.07, 6.45) is 1.74. The van der Waals surface area contributed by atoms with Gasteiger partial charge in [0.15, 0.2) is 17.3 Å².